The van der Waals surface area contributed by atoms with Crippen LogP contribution in [0.4, 0.5) is 5.82 Å². The number of aromatic nitrogens is 2. The number of halogens is 1. The second-order valence-electron chi connectivity index (χ2n) is 7.61. The molecule has 1 saturated heterocycles. The Labute approximate surface area is 169 Å². The number of fused-ring (bicyclic) bond motifs is 1. The van der Waals surface area contributed by atoms with E-state index in [1.807, 2.05) is 25.1 Å². The lowest BCUT2D eigenvalue weighted by atomic mass is 9.98. The van der Waals surface area contributed by atoms with Crippen LogP contribution in [0.25, 0.3) is 0 Å². The zero-order chi connectivity index (χ0) is 19.7. The van der Waals surface area contributed by atoms with E-state index in [2.05, 4.69) is 14.9 Å². The largest absolute Gasteiger partial charge is 0.490 e. The highest BCUT2D eigenvalue weighted by Gasteiger charge is 2.29. The molecule has 1 aliphatic carbocycles. The number of hydrogen-bond acceptors (Lipinski definition) is 5. The zero-order valence-corrected chi connectivity index (χ0v) is 16.7. The van der Waals surface area contributed by atoms with Crippen molar-refractivity contribution in [1.82, 2.24) is 9.97 Å². The molecular formula is C21H24ClN3O3. The van der Waals surface area contributed by atoms with Crippen LogP contribution in [0.15, 0.2) is 24.4 Å². The average Bonchev–Trinajstić information content (AvgIpc) is 3.08. The van der Waals surface area contributed by atoms with Gasteiger partial charge in [-0.25, -0.2) is 9.97 Å². The number of benzene rings is 1. The van der Waals surface area contributed by atoms with Crippen LogP contribution < -0.4 is 9.64 Å². The Hall–Kier alpha value is -2.34. The van der Waals surface area contributed by atoms with Gasteiger partial charge in [0.2, 0.25) is 5.28 Å². The highest BCUT2D eigenvalue weighted by molar-refractivity contribution is 6.28. The lowest BCUT2D eigenvalue weighted by Crippen LogP contribution is -2.39. The summed E-state index contributed by atoms with van der Waals surface area (Å²) in [7, 11) is 0. The molecule has 7 heteroatoms. The van der Waals surface area contributed by atoms with E-state index in [1.54, 1.807) is 6.20 Å². The molecule has 4 rings (SSSR count). The van der Waals surface area contributed by atoms with Crippen molar-refractivity contribution in [1.29, 1.82) is 0 Å². The Morgan fingerprint density at radius 1 is 1.32 bits per heavy atom. The minimum absolute atomic E-state index is 0.100. The third-order valence-corrected chi connectivity index (χ3v) is 5.91. The molecule has 1 aromatic heterocycles. The molecule has 2 aliphatic rings. The summed E-state index contributed by atoms with van der Waals surface area (Å²) in [5.74, 6) is 1.18. The molecular weight excluding hydrogens is 378 g/mol. The molecule has 1 aromatic carbocycles. The van der Waals surface area contributed by atoms with Crippen LogP contribution in [0.1, 0.15) is 48.3 Å². The SMILES string of the molecule is Cc1cnc(Cl)nc1N1CCC(Oc2cccc3c2CCC3CC(=O)O)CC1. The molecule has 0 amide bonds. The van der Waals surface area contributed by atoms with Gasteiger partial charge in [-0.2, -0.15) is 0 Å². The van der Waals surface area contributed by atoms with Crippen LogP contribution in [0.2, 0.25) is 5.28 Å². The molecule has 0 bridgehead atoms. The van der Waals surface area contributed by atoms with Gasteiger partial charge in [0.05, 0.1) is 6.42 Å². The van der Waals surface area contributed by atoms with Gasteiger partial charge in [-0.05, 0) is 54.5 Å². The summed E-state index contributed by atoms with van der Waals surface area (Å²) in [4.78, 5) is 21.7. The van der Waals surface area contributed by atoms with Gasteiger partial charge in [0, 0.05) is 37.7 Å². The number of aryl methyl sites for hydroxylation is 1. The summed E-state index contributed by atoms with van der Waals surface area (Å²) in [5.41, 5.74) is 3.35. The second kappa shape index (κ2) is 7.95. The summed E-state index contributed by atoms with van der Waals surface area (Å²) in [6.07, 6.45) is 5.68. The van der Waals surface area contributed by atoms with Gasteiger partial charge in [-0.1, -0.05) is 12.1 Å². The maximum atomic E-state index is 11.1. The van der Waals surface area contributed by atoms with Crippen molar-refractivity contribution in [2.24, 2.45) is 0 Å². The van der Waals surface area contributed by atoms with E-state index in [4.69, 9.17) is 21.4 Å². The smallest absolute Gasteiger partial charge is 0.303 e. The van der Waals surface area contributed by atoms with Gasteiger partial charge in [0.15, 0.2) is 0 Å². The summed E-state index contributed by atoms with van der Waals surface area (Å²) in [6.45, 7) is 3.71. The topological polar surface area (TPSA) is 75.5 Å². The van der Waals surface area contributed by atoms with Crippen LogP contribution in [0.5, 0.6) is 5.75 Å². The van der Waals surface area contributed by atoms with Gasteiger partial charge in [-0.15, -0.1) is 0 Å². The minimum atomic E-state index is -0.739. The van der Waals surface area contributed by atoms with Gasteiger partial charge < -0.3 is 14.7 Å². The summed E-state index contributed by atoms with van der Waals surface area (Å²) in [6, 6.07) is 6.05. The molecule has 1 atom stereocenters. The van der Waals surface area contributed by atoms with E-state index in [1.165, 1.54) is 5.56 Å². The third-order valence-electron chi connectivity index (χ3n) is 5.72. The Morgan fingerprint density at radius 2 is 2.11 bits per heavy atom. The van der Waals surface area contributed by atoms with Crippen LogP contribution in [0, 0.1) is 6.92 Å². The quantitative estimate of drug-likeness (QED) is 0.763. The zero-order valence-electron chi connectivity index (χ0n) is 15.9. The molecule has 28 heavy (non-hydrogen) atoms. The molecule has 0 saturated carbocycles. The molecule has 148 valence electrons. The van der Waals surface area contributed by atoms with Crippen molar-refractivity contribution in [3.8, 4) is 5.75 Å². The van der Waals surface area contributed by atoms with Crippen molar-refractivity contribution in [2.45, 2.75) is 51.0 Å². The van der Waals surface area contributed by atoms with Gasteiger partial charge in [0.25, 0.3) is 0 Å². The van der Waals surface area contributed by atoms with Crippen molar-refractivity contribution in [3.05, 3.63) is 46.4 Å². The summed E-state index contributed by atoms with van der Waals surface area (Å²) < 4.78 is 6.36. The van der Waals surface area contributed by atoms with E-state index in [9.17, 15) is 4.79 Å². The standard InChI is InChI=1S/C21H24ClN3O3/c1-13-12-23-21(22)24-20(13)25-9-7-15(8-10-25)28-18-4-2-3-16-14(11-19(26)27)5-6-17(16)18/h2-4,12,14-15H,5-11H2,1H3,(H,26,27). The summed E-state index contributed by atoms with van der Waals surface area (Å²) >= 11 is 5.96. The number of anilines is 1. The van der Waals surface area contributed by atoms with Crippen molar-refractivity contribution < 1.29 is 14.6 Å². The number of aliphatic carboxylic acids is 1. The molecule has 6 nitrogen and oxygen atoms in total. The van der Waals surface area contributed by atoms with Gasteiger partial charge in [0.1, 0.15) is 17.7 Å². The molecule has 2 heterocycles. The molecule has 0 spiro atoms. The predicted molar refractivity (Wildman–Crippen MR) is 107 cm³/mol. The van der Waals surface area contributed by atoms with Crippen LogP contribution in [-0.2, 0) is 11.2 Å². The first-order valence-corrected chi connectivity index (χ1v) is 10.1. The normalized spacial score (nSPS) is 19.5. The lowest BCUT2D eigenvalue weighted by Gasteiger charge is -2.34. The number of piperidine rings is 1. The van der Waals surface area contributed by atoms with Gasteiger partial charge >= 0.3 is 5.97 Å². The first-order chi connectivity index (χ1) is 13.5. The molecule has 1 fully saturated rings. The van der Waals surface area contributed by atoms with E-state index in [0.717, 1.165) is 61.5 Å². The highest BCUT2D eigenvalue weighted by Crippen LogP contribution is 2.40. The van der Waals surface area contributed by atoms with Gasteiger partial charge in [-0.3, -0.25) is 4.79 Å². The van der Waals surface area contributed by atoms with Crippen LogP contribution in [0.3, 0.4) is 0 Å². The number of carbonyl (C=O) groups is 1. The van der Waals surface area contributed by atoms with Crippen molar-refractivity contribution in [2.75, 3.05) is 18.0 Å². The van der Waals surface area contributed by atoms with Crippen LogP contribution >= 0.6 is 11.6 Å². The molecule has 0 radical (unpaired) electrons. The Bertz CT molecular complexity index is 881. The number of ether oxygens (including phenoxy) is 1. The maximum Gasteiger partial charge on any atom is 0.303 e. The lowest BCUT2D eigenvalue weighted by molar-refractivity contribution is -0.137. The van der Waals surface area contributed by atoms with E-state index in [0.29, 0.717) is 0 Å². The molecule has 2 aromatic rings. The molecule has 1 N–H and O–H groups in total. The average molecular weight is 402 g/mol. The monoisotopic (exact) mass is 401 g/mol. The van der Waals surface area contributed by atoms with E-state index < -0.39 is 5.97 Å². The highest BCUT2D eigenvalue weighted by atomic mass is 35.5. The fraction of sp³-hybridized carbons (Fsp3) is 0.476. The Balaban J connectivity index is 1.41. The number of carboxylic acids is 1. The molecule has 1 unspecified atom stereocenters. The van der Waals surface area contributed by atoms with Crippen LogP contribution in [-0.4, -0.2) is 40.2 Å². The van der Waals surface area contributed by atoms with E-state index in [-0.39, 0.29) is 23.7 Å². The predicted octanol–water partition coefficient (Wildman–Crippen LogP) is 3.99. The number of hydrogen-bond donors (Lipinski definition) is 1. The minimum Gasteiger partial charge on any atom is -0.490 e. The third kappa shape index (κ3) is 3.92. The first kappa shape index (κ1) is 19.0. The number of rotatable bonds is 5. The fourth-order valence-corrected chi connectivity index (χ4v) is 4.47. The first-order valence-electron chi connectivity index (χ1n) is 9.75. The summed E-state index contributed by atoms with van der Waals surface area (Å²) in [5, 5.41) is 9.40. The molecule has 1 aliphatic heterocycles. The second-order valence-corrected chi connectivity index (χ2v) is 7.95. The van der Waals surface area contributed by atoms with E-state index >= 15 is 0 Å². The van der Waals surface area contributed by atoms with Crippen molar-refractivity contribution in [3.63, 3.8) is 0 Å². The maximum absolute atomic E-state index is 11.1. The fourth-order valence-electron chi connectivity index (χ4n) is 4.34. The van der Waals surface area contributed by atoms with Crippen molar-refractivity contribution >= 4 is 23.4 Å². The Kier molecular flexibility index (Phi) is 5.40. The number of nitrogens with zero attached hydrogens (tertiary/aromatic N) is 3. The Morgan fingerprint density at radius 3 is 2.86 bits per heavy atom. The number of carboxylic acid groups (broad SMARTS) is 1.